The lowest BCUT2D eigenvalue weighted by Crippen LogP contribution is -2.44. The Kier molecular flexibility index (Phi) is 3.89. The molecule has 0 saturated carbocycles. The summed E-state index contributed by atoms with van der Waals surface area (Å²) in [7, 11) is 0. The Morgan fingerprint density at radius 1 is 1.41 bits per heavy atom. The summed E-state index contributed by atoms with van der Waals surface area (Å²) in [5.41, 5.74) is 6.75. The molecule has 0 amide bonds. The first-order valence-electron chi connectivity index (χ1n) is 5.52. The van der Waals surface area contributed by atoms with Crippen LogP contribution >= 0.6 is 0 Å². The number of amidine groups is 1. The summed E-state index contributed by atoms with van der Waals surface area (Å²) in [6, 6.07) is 3.53. The van der Waals surface area contributed by atoms with E-state index in [2.05, 4.69) is 15.0 Å². The monoisotopic (exact) mass is 236 g/mol. The molecule has 1 aromatic rings. The molecular formula is C11H16N4O2. The number of hydrogen-bond donors (Lipinski definition) is 2. The number of pyridine rings is 1. The Hall–Kier alpha value is -1.66. The van der Waals surface area contributed by atoms with Crippen LogP contribution in [0.5, 0.6) is 0 Å². The second kappa shape index (κ2) is 5.60. The summed E-state index contributed by atoms with van der Waals surface area (Å²) < 4.78 is 5.30. The van der Waals surface area contributed by atoms with Crippen LogP contribution in [-0.2, 0) is 4.74 Å². The molecule has 1 atom stereocenters. The number of oxime groups is 1. The van der Waals surface area contributed by atoms with E-state index in [1.165, 1.54) is 0 Å². The Morgan fingerprint density at radius 2 is 2.06 bits per heavy atom. The van der Waals surface area contributed by atoms with Crippen molar-refractivity contribution in [3.05, 3.63) is 30.1 Å². The fourth-order valence-corrected chi connectivity index (χ4v) is 2.00. The molecule has 1 aliphatic rings. The quantitative estimate of drug-likeness (QED) is 0.339. The van der Waals surface area contributed by atoms with Crippen LogP contribution in [0.4, 0.5) is 0 Å². The lowest BCUT2D eigenvalue weighted by Gasteiger charge is -2.33. The highest BCUT2D eigenvalue weighted by Crippen LogP contribution is 2.21. The molecule has 2 heterocycles. The van der Waals surface area contributed by atoms with E-state index in [0.29, 0.717) is 13.2 Å². The predicted molar refractivity (Wildman–Crippen MR) is 62.8 cm³/mol. The molecule has 6 nitrogen and oxygen atoms in total. The molecule has 0 bridgehead atoms. The summed E-state index contributed by atoms with van der Waals surface area (Å²) in [4.78, 5) is 6.10. The zero-order chi connectivity index (χ0) is 12.1. The van der Waals surface area contributed by atoms with Crippen molar-refractivity contribution in [2.75, 3.05) is 26.3 Å². The molecule has 1 aliphatic heterocycles. The second-order valence-electron chi connectivity index (χ2n) is 3.86. The van der Waals surface area contributed by atoms with Crippen LogP contribution < -0.4 is 5.73 Å². The van der Waals surface area contributed by atoms with Crippen LogP contribution in [0, 0.1) is 0 Å². The molecule has 0 aliphatic carbocycles. The molecule has 6 heteroatoms. The molecule has 0 aromatic carbocycles. The highest BCUT2D eigenvalue weighted by atomic mass is 16.5. The zero-order valence-corrected chi connectivity index (χ0v) is 9.49. The van der Waals surface area contributed by atoms with Crippen molar-refractivity contribution >= 4 is 5.84 Å². The number of hydrogen-bond acceptors (Lipinski definition) is 5. The van der Waals surface area contributed by atoms with Crippen molar-refractivity contribution in [2.45, 2.75) is 6.04 Å². The third-order valence-electron chi connectivity index (χ3n) is 2.83. The van der Waals surface area contributed by atoms with Crippen LogP contribution in [0.15, 0.2) is 29.7 Å². The first kappa shape index (κ1) is 11.8. The zero-order valence-electron chi connectivity index (χ0n) is 9.49. The summed E-state index contributed by atoms with van der Waals surface area (Å²) >= 11 is 0. The van der Waals surface area contributed by atoms with Crippen molar-refractivity contribution in [3.8, 4) is 0 Å². The highest BCUT2D eigenvalue weighted by molar-refractivity contribution is 5.86. The lowest BCUT2D eigenvalue weighted by atomic mass is 10.1. The molecule has 0 unspecified atom stereocenters. The van der Waals surface area contributed by atoms with Crippen molar-refractivity contribution in [1.82, 2.24) is 9.88 Å². The van der Waals surface area contributed by atoms with Crippen molar-refractivity contribution < 1.29 is 9.94 Å². The van der Waals surface area contributed by atoms with Gasteiger partial charge in [-0.2, -0.15) is 0 Å². The van der Waals surface area contributed by atoms with Crippen molar-refractivity contribution in [1.29, 1.82) is 0 Å². The number of nitrogens with zero attached hydrogens (tertiary/aromatic N) is 3. The fraction of sp³-hybridized carbons (Fsp3) is 0.455. The van der Waals surface area contributed by atoms with Gasteiger partial charge >= 0.3 is 0 Å². The molecule has 92 valence electrons. The Balaban J connectivity index is 2.25. The van der Waals surface area contributed by atoms with E-state index in [0.717, 1.165) is 18.7 Å². The van der Waals surface area contributed by atoms with Gasteiger partial charge in [0.15, 0.2) is 5.84 Å². The third-order valence-corrected chi connectivity index (χ3v) is 2.83. The summed E-state index contributed by atoms with van der Waals surface area (Å²) in [5.74, 6) is 0.193. The molecule has 1 aromatic heterocycles. The molecule has 17 heavy (non-hydrogen) atoms. The van der Waals surface area contributed by atoms with Gasteiger partial charge in [-0.1, -0.05) is 5.16 Å². The number of rotatable bonds is 3. The van der Waals surface area contributed by atoms with E-state index in [-0.39, 0.29) is 11.9 Å². The number of aromatic nitrogens is 1. The van der Waals surface area contributed by atoms with Crippen LogP contribution in [-0.4, -0.2) is 47.2 Å². The number of nitrogens with two attached hydrogens (primary N) is 1. The summed E-state index contributed by atoms with van der Waals surface area (Å²) in [6.45, 7) is 2.87. The number of morpholine rings is 1. The molecule has 0 spiro atoms. The van der Waals surface area contributed by atoms with Gasteiger partial charge in [-0.05, 0) is 17.7 Å². The molecular weight excluding hydrogens is 220 g/mol. The lowest BCUT2D eigenvalue weighted by molar-refractivity contribution is 0.0279. The van der Waals surface area contributed by atoms with Gasteiger partial charge in [-0.3, -0.25) is 9.88 Å². The van der Waals surface area contributed by atoms with Gasteiger partial charge in [0.25, 0.3) is 0 Å². The molecule has 1 saturated heterocycles. The average molecular weight is 236 g/mol. The third kappa shape index (κ3) is 2.72. The molecule has 0 radical (unpaired) electrons. The molecule has 2 rings (SSSR count). The van der Waals surface area contributed by atoms with Crippen LogP contribution in [0.1, 0.15) is 11.6 Å². The largest absolute Gasteiger partial charge is 0.409 e. The van der Waals surface area contributed by atoms with Gasteiger partial charge in [-0.15, -0.1) is 0 Å². The Morgan fingerprint density at radius 3 is 2.65 bits per heavy atom. The van der Waals surface area contributed by atoms with Crippen molar-refractivity contribution in [3.63, 3.8) is 0 Å². The standard InChI is InChI=1S/C11H16N4O2/c12-11(14-16)10(9-1-3-13-4-2-9)15-5-7-17-8-6-15/h1-4,10,16H,5-8H2,(H2,12,14)/t10-/m0/s1. The van der Waals surface area contributed by atoms with Crippen LogP contribution in [0.3, 0.4) is 0 Å². The van der Waals surface area contributed by atoms with Gasteiger partial charge in [-0.25, -0.2) is 0 Å². The van der Waals surface area contributed by atoms with E-state index in [4.69, 9.17) is 15.7 Å². The maximum Gasteiger partial charge on any atom is 0.161 e. The first-order valence-corrected chi connectivity index (χ1v) is 5.52. The summed E-state index contributed by atoms with van der Waals surface area (Å²) in [5, 5.41) is 12.0. The van der Waals surface area contributed by atoms with Gasteiger partial charge < -0.3 is 15.7 Å². The van der Waals surface area contributed by atoms with E-state index >= 15 is 0 Å². The first-order chi connectivity index (χ1) is 8.33. The van der Waals surface area contributed by atoms with E-state index < -0.39 is 0 Å². The van der Waals surface area contributed by atoms with Crippen LogP contribution in [0.2, 0.25) is 0 Å². The number of ether oxygens (including phenoxy) is 1. The minimum Gasteiger partial charge on any atom is -0.409 e. The molecule has 1 fully saturated rings. The van der Waals surface area contributed by atoms with Gasteiger partial charge in [0.1, 0.15) is 0 Å². The minimum atomic E-state index is -0.216. The van der Waals surface area contributed by atoms with Gasteiger partial charge in [0.05, 0.1) is 19.3 Å². The van der Waals surface area contributed by atoms with E-state index in [1.54, 1.807) is 12.4 Å². The maximum atomic E-state index is 8.89. The van der Waals surface area contributed by atoms with Gasteiger partial charge in [0, 0.05) is 25.5 Å². The molecule has 3 N–H and O–H groups in total. The fourth-order valence-electron chi connectivity index (χ4n) is 2.00. The highest BCUT2D eigenvalue weighted by Gasteiger charge is 2.26. The van der Waals surface area contributed by atoms with E-state index in [9.17, 15) is 0 Å². The maximum absolute atomic E-state index is 8.89. The Bertz CT molecular complexity index is 376. The minimum absolute atomic E-state index is 0.193. The smallest absolute Gasteiger partial charge is 0.161 e. The van der Waals surface area contributed by atoms with Crippen LogP contribution in [0.25, 0.3) is 0 Å². The summed E-state index contributed by atoms with van der Waals surface area (Å²) in [6.07, 6.45) is 3.40. The van der Waals surface area contributed by atoms with E-state index in [1.807, 2.05) is 12.1 Å². The van der Waals surface area contributed by atoms with Gasteiger partial charge in [0.2, 0.25) is 0 Å². The Labute approximate surface area is 99.7 Å². The predicted octanol–water partition coefficient (Wildman–Crippen LogP) is 0.201. The topological polar surface area (TPSA) is 84.0 Å². The second-order valence-corrected chi connectivity index (χ2v) is 3.86. The SMILES string of the molecule is NC(=NO)[C@H](c1ccncc1)N1CCOCC1. The average Bonchev–Trinajstić information content (AvgIpc) is 2.41. The van der Waals surface area contributed by atoms with Crippen molar-refractivity contribution in [2.24, 2.45) is 10.9 Å². The normalized spacial score (nSPS) is 20.1.